The van der Waals surface area contributed by atoms with Crippen LogP contribution in [0.2, 0.25) is 0 Å². The van der Waals surface area contributed by atoms with E-state index in [4.69, 9.17) is 9.84 Å². The molecule has 3 aromatic rings. The Kier molecular flexibility index (Phi) is 5.92. The van der Waals surface area contributed by atoms with Crippen molar-refractivity contribution >= 4 is 12.0 Å². The van der Waals surface area contributed by atoms with E-state index in [1.165, 1.54) is 0 Å². The predicted octanol–water partition coefficient (Wildman–Crippen LogP) is 4.93. The highest BCUT2D eigenvalue weighted by atomic mass is 16.5. The molecule has 2 N–H and O–H groups in total. The fourth-order valence-corrected chi connectivity index (χ4v) is 3.22. The number of aryl methyl sites for hydroxylation is 1. The summed E-state index contributed by atoms with van der Waals surface area (Å²) in [6, 6.07) is 19.6. The Bertz CT molecular complexity index is 1030. The van der Waals surface area contributed by atoms with Gasteiger partial charge >= 0.3 is 5.97 Å². The van der Waals surface area contributed by atoms with E-state index in [2.05, 4.69) is 12.1 Å². The molecule has 0 aliphatic heterocycles. The Balaban J connectivity index is 2.05. The summed E-state index contributed by atoms with van der Waals surface area (Å²) in [5.41, 5.74) is 6.81. The van der Waals surface area contributed by atoms with E-state index < -0.39 is 5.97 Å². The van der Waals surface area contributed by atoms with Crippen molar-refractivity contribution in [3.05, 3.63) is 83.4 Å². The molecule has 0 saturated heterocycles. The number of ether oxygens (including phenoxy) is 1. The number of aliphatic hydroxyl groups excluding tert-OH is 1. The highest BCUT2D eigenvalue weighted by Crippen LogP contribution is 2.32. The van der Waals surface area contributed by atoms with Crippen LogP contribution in [0.4, 0.5) is 0 Å². The van der Waals surface area contributed by atoms with Crippen LogP contribution in [0.5, 0.6) is 5.75 Å². The molecule has 0 unspecified atom stereocenters. The zero-order valence-corrected chi connectivity index (χ0v) is 15.8. The number of methoxy groups -OCH3 is 1. The van der Waals surface area contributed by atoms with Gasteiger partial charge in [-0.2, -0.15) is 0 Å². The second-order valence-electron chi connectivity index (χ2n) is 6.51. The lowest BCUT2D eigenvalue weighted by Crippen LogP contribution is -1.92. The van der Waals surface area contributed by atoms with Crippen molar-refractivity contribution in [3.63, 3.8) is 0 Å². The first-order chi connectivity index (χ1) is 13.5. The molecule has 3 aromatic carbocycles. The first-order valence-electron chi connectivity index (χ1n) is 8.92. The van der Waals surface area contributed by atoms with Crippen LogP contribution in [0.15, 0.2) is 66.7 Å². The minimum atomic E-state index is -0.996. The molecule has 4 heteroatoms. The number of hydrogen-bond acceptors (Lipinski definition) is 3. The third-order valence-electron chi connectivity index (χ3n) is 4.62. The zero-order chi connectivity index (χ0) is 20.1. The maximum Gasteiger partial charge on any atom is 0.328 e. The lowest BCUT2D eigenvalue weighted by atomic mass is 9.93. The number of carboxylic acid groups (broad SMARTS) is 1. The Labute approximate surface area is 164 Å². The van der Waals surface area contributed by atoms with E-state index in [0.717, 1.165) is 45.0 Å². The van der Waals surface area contributed by atoms with Crippen molar-refractivity contribution in [2.45, 2.75) is 13.5 Å². The fourth-order valence-electron chi connectivity index (χ4n) is 3.22. The summed E-state index contributed by atoms with van der Waals surface area (Å²) in [7, 11) is 1.58. The topological polar surface area (TPSA) is 66.8 Å². The van der Waals surface area contributed by atoms with Crippen LogP contribution < -0.4 is 4.74 Å². The van der Waals surface area contributed by atoms with Crippen LogP contribution in [-0.2, 0) is 11.4 Å². The van der Waals surface area contributed by atoms with E-state index in [-0.39, 0.29) is 6.61 Å². The number of aliphatic hydroxyl groups is 1. The van der Waals surface area contributed by atoms with E-state index in [1.807, 2.05) is 55.5 Å². The van der Waals surface area contributed by atoms with Gasteiger partial charge in [0.05, 0.1) is 13.7 Å². The number of rotatable bonds is 6. The van der Waals surface area contributed by atoms with E-state index >= 15 is 0 Å². The van der Waals surface area contributed by atoms with Crippen LogP contribution >= 0.6 is 0 Å². The summed E-state index contributed by atoms with van der Waals surface area (Å²) in [5.74, 6) is -0.327. The molecule has 3 rings (SSSR count). The molecule has 0 aromatic heterocycles. The van der Waals surface area contributed by atoms with Gasteiger partial charge in [0, 0.05) is 6.08 Å². The summed E-state index contributed by atoms with van der Waals surface area (Å²) in [6.07, 6.45) is 2.70. The van der Waals surface area contributed by atoms with Crippen LogP contribution in [-0.4, -0.2) is 23.3 Å². The largest absolute Gasteiger partial charge is 0.497 e. The molecule has 0 spiro atoms. The second-order valence-corrected chi connectivity index (χ2v) is 6.51. The lowest BCUT2D eigenvalue weighted by Gasteiger charge is -2.13. The van der Waals surface area contributed by atoms with Crippen molar-refractivity contribution < 1.29 is 19.7 Å². The number of carbonyl (C=O) groups is 1. The van der Waals surface area contributed by atoms with Crippen molar-refractivity contribution in [1.29, 1.82) is 0 Å². The van der Waals surface area contributed by atoms with Gasteiger partial charge in [-0.1, -0.05) is 42.5 Å². The number of hydrogen-bond donors (Lipinski definition) is 2. The van der Waals surface area contributed by atoms with Gasteiger partial charge in [0.2, 0.25) is 0 Å². The lowest BCUT2D eigenvalue weighted by molar-refractivity contribution is -0.131. The minimum Gasteiger partial charge on any atom is -0.497 e. The molecule has 0 heterocycles. The summed E-state index contributed by atoms with van der Waals surface area (Å²) in [4.78, 5) is 10.9. The number of aliphatic carboxylic acids is 1. The standard InChI is InChI=1S/C24H22O4/c1-16-12-19(6-9-22(16)18-5-3-4-17(13-18)15-25)23-10-8-21(28-2)14-20(23)7-11-24(26)27/h3-14,25H,15H2,1-2H3,(H,26,27)/b11-7+. The third kappa shape index (κ3) is 4.30. The molecule has 0 radical (unpaired) electrons. The average Bonchev–Trinajstić information content (AvgIpc) is 2.71. The molecule has 0 amide bonds. The Morgan fingerprint density at radius 2 is 1.75 bits per heavy atom. The van der Waals surface area contributed by atoms with Gasteiger partial charge in [0.1, 0.15) is 5.75 Å². The van der Waals surface area contributed by atoms with Gasteiger partial charge in [-0.3, -0.25) is 0 Å². The molecule has 0 saturated carbocycles. The quantitative estimate of drug-likeness (QED) is 0.601. The first-order valence-corrected chi connectivity index (χ1v) is 8.92. The SMILES string of the molecule is COc1ccc(-c2ccc(-c3cccc(CO)c3)c(C)c2)c(/C=C/C(=O)O)c1. The van der Waals surface area contributed by atoms with Crippen LogP contribution in [0.3, 0.4) is 0 Å². The van der Waals surface area contributed by atoms with Gasteiger partial charge in [-0.05, 0) is 70.1 Å². The van der Waals surface area contributed by atoms with Crippen LogP contribution in [0.1, 0.15) is 16.7 Å². The smallest absolute Gasteiger partial charge is 0.328 e. The first kappa shape index (κ1) is 19.4. The van der Waals surface area contributed by atoms with E-state index in [0.29, 0.717) is 5.75 Å². The summed E-state index contributed by atoms with van der Waals surface area (Å²) in [5, 5.41) is 18.4. The average molecular weight is 374 g/mol. The molecule has 28 heavy (non-hydrogen) atoms. The fraction of sp³-hybridized carbons (Fsp3) is 0.125. The Morgan fingerprint density at radius 3 is 2.43 bits per heavy atom. The van der Waals surface area contributed by atoms with Gasteiger partial charge < -0.3 is 14.9 Å². The van der Waals surface area contributed by atoms with E-state index in [9.17, 15) is 9.90 Å². The highest BCUT2D eigenvalue weighted by Gasteiger charge is 2.09. The molecular weight excluding hydrogens is 352 g/mol. The summed E-state index contributed by atoms with van der Waals surface area (Å²) >= 11 is 0. The molecular formula is C24H22O4. The molecule has 0 atom stereocenters. The summed E-state index contributed by atoms with van der Waals surface area (Å²) < 4.78 is 5.27. The predicted molar refractivity (Wildman–Crippen MR) is 111 cm³/mol. The highest BCUT2D eigenvalue weighted by molar-refractivity contribution is 5.88. The van der Waals surface area contributed by atoms with Crippen molar-refractivity contribution in [3.8, 4) is 28.0 Å². The van der Waals surface area contributed by atoms with Gasteiger partial charge in [-0.25, -0.2) is 4.79 Å². The molecule has 0 aliphatic carbocycles. The maximum atomic E-state index is 10.9. The number of carboxylic acids is 1. The second kappa shape index (κ2) is 8.55. The van der Waals surface area contributed by atoms with Crippen molar-refractivity contribution in [1.82, 2.24) is 0 Å². The van der Waals surface area contributed by atoms with Gasteiger partial charge in [0.25, 0.3) is 0 Å². The van der Waals surface area contributed by atoms with Crippen LogP contribution in [0, 0.1) is 6.92 Å². The van der Waals surface area contributed by atoms with Crippen LogP contribution in [0.25, 0.3) is 28.3 Å². The van der Waals surface area contributed by atoms with Gasteiger partial charge in [-0.15, -0.1) is 0 Å². The molecule has 4 nitrogen and oxygen atoms in total. The Hall–Kier alpha value is -3.37. The number of benzene rings is 3. The monoisotopic (exact) mass is 374 g/mol. The summed E-state index contributed by atoms with van der Waals surface area (Å²) in [6.45, 7) is 2.05. The zero-order valence-electron chi connectivity index (χ0n) is 15.8. The van der Waals surface area contributed by atoms with Crippen molar-refractivity contribution in [2.75, 3.05) is 7.11 Å². The molecule has 0 aliphatic rings. The minimum absolute atomic E-state index is 0.0100. The molecule has 0 fully saturated rings. The third-order valence-corrected chi connectivity index (χ3v) is 4.62. The molecule has 142 valence electrons. The molecule has 0 bridgehead atoms. The van der Waals surface area contributed by atoms with E-state index in [1.54, 1.807) is 13.2 Å². The Morgan fingerprint density at radius 1 is 1.00 bits per heavy atom. The maximum absolute atomic E-state index is 10.9. The van der Waals surface area contributed by atoms with Gasteiger partial charge in [0.15, 0.2) is 0 Å². The normalized spacial score (nSPS) is 11.0. The van der Waals surface area contributed by atoms with Crippen molar-refractivity contribution in [2.24, 2.45) is 0 Å².